The summed E-state index contributed by atoms with van der Waals surface area (Å²) in [5.41, 5.74) is 1.26. The Hall–Kier alpha value is -2.06. The lowest BCUT2D eigenvalue weighted by Gasteiger charge is -2.07. The van der Waals surface area contributed by atoms with Gasteiger partial charge in [0.15, 0.2) is 0 Å². The van der Waals surface area contributed by atoms with Crippen LogP contribution in [0.1, 0.15) is 31.8 Å². The maximum atomic E-state index is 12.9. The molecule has 0 atom stereocenters. The Morgan fingerprint density at radius 3 is 2.39 bits per heavy atom. The topological polar surface area (TPSA) is 78.0 Å². The van der Waals surface area contributed by atoms with Crippen molar-refractivity contribution < 1.29 is 17.2 Å². The highest BCUT2D eigenvalue weighted by molar-refractivity contribution is 7.89. The van der Waals surface area contributed by atoms with Crippen LogP contribution in [0.3, 0.4) is 0 Å². The standard InChI is InChI=1S/C15H17F2N3O2S/c1-10(2)3-8-14-19-13(15(16)17)9-20(14)11-4-6-12(7-5-11)23(18,21)22/h3-7,9,15H,8H2,1-2H3,(H2,18,21,22). The molecule has 0 aliphatic carbocycles. The third-order valence-electron chi connectivity index (χ3n) is 3.16. The van der Waals surface area contributed by atoms with E-state index in [1.807, 2.05) is 19.9 Å². The maximum Gasteiger partial charge on any atom is 0.281 e. The molecule has 2 rings (SSSR count). The molecule has 23 heavy (non-hydrogen) atoms. The number of nitrogens with two attached hydrogens (primary N) is 1. The summed E-state index contributed by atoms with van der Waals surface area (Å²) in [4.78, 5) is 3.91. The molecule has 0 fully saturated rings. The zero-order valence-corrected chi connectivity index (χ0v) is 13.5. The lowest BCUT2D eigenvalue weighted by molar-refractivity contribution is 0.146. The Balaban J connectivity index is 2.46. The molecule has 0 saturated heterocycles. The second-order valence-electron chi connectivity index (χ2n) is 5.28. The summed E-state index contributed by atoms with van der Waals surface area (Å²) in [5, 5.41) is 5.05. The van der Waals surface area contributed by atoms with Crippen LogP contribution >= 0.6 is 0 Å². The first-order valence-corrected chi connectivity index (χ1v) is 8.36. The Morgan fingerprint density at radius 1 is 1.30 bits per heavy atom. The number of hydrogen-bond acceptors (Lipinski definition) is 3. The van der Waals surface area contributed by atoms with Gasteiger partial charge in [0, 0.05) is 18.3 Å². The predicted octanol–water partition coefficient (Wildman–Crippen LogP) is 2.97. The fraction of sp³-hybridized carbons (Fsp3) is 0.267. The summed E-state index contributed by atoms with van der Waals surface area (Å²) in [6.45, 7) is 3.81. The molecule has 0 aliphatic rings. The van der Waals surface area contributed by atoms with Gasteiger partial charge >= 0.3 is 0 Å². The summed E-state index contributed by atoms with van der Waals surface area (Å²) in [7, 11) is -3.80. The van der Waals surface area contributed by atoms with Crippen molar-refractivity contribution in [3.8, 4) is 5.69 Å². The van der Waals surface area contributed by atoms with Crippen LogP contribution in [-0.2, 0) is 16.4 Å². The molecular weight excluding hydrogens is 324 g/mol. The number of imidazole rings is 1. The second kappa shape index (κ2) is 6.59. The molecule has 0 spiro atoms. The number of halogens is 2. The molecular formula is C15H17F2N3O2S. The molecule has 1 aromatic carbocycles. The summed E-state index contributed by atoms with van der Waals surface area (Å²) in [5.74, 6) is 0.449. The van der Waals surface area contributed by atoms with Crippen molar-refractivity contribution in [2.24, 2.45) is 5.14 Å². The molecule has 0 bridgehead atoms. The minimum Gasteiger partial charge on any atom is -0.303 e. The molecule has 1 heterocycles. The van der Waals surface area contributed by atoms with E-state index in [2.05, 4.69) is 4.98 Å². The summed E-state index contributed by atoms with van der Waals surface area (Å²) >= 11 is 0. The van der Waals surface area contributed by atoms with Gasteiger partial charge in [-0.15, -0.1) is 0 Å². The van der Waals surface area contributed by atoms with Gasteiger partial charge in [-0.3, -0.25) is 0 Å². The zero-order chi connectivity index (χ0) is 17.2. The molecule has 2 aromatic rings. The SMILES string of the molecule is CC(C)=CCc1nc(C(F)F)cn1-c1ccc(S(N)(=O)=O)cc1. The van der Waals surface area contributed by atoms with E-state index >= 15 is 0 Å². The average Bonchev–Trinajstić information content (AvgIpc) is 2.88. The molecule has 0 unspecified atom stereocenters. The molecule has 5 nitrogen and oxygen atoms in total. The number of primary sulfonamides is 1. The fourth-order valence-electron chi connectivity index (χ4n) is 2.00. The first kappa shape index (κ1) is 17.3. The summed E-state index contributed by atoms with van der Waals surface area (Å²) in [6, 6.07) is 5.67. The maximum absolute atomic E-state index is 12.9. The molecule has 0 amide bonds. The van der Waals surface area contributed by atoms with Crippen molar-refractivity contribution in [2.75, 3.05) is 0 Å². The normalized spacial score (nSPS) is 11.7. The van der Waals surface area contributed by atoms with Crippen molar-refractivity contribution >= 4 is 10.0 Å². The van der Waals surface area contributed by atoms with Crippen LogP contribution in [0.15, 0.2) is 47.0 Å². The minimum atomic E-state index is -3.80. The van der Waals surface area contributed by atoms with Crippen LogP contribution in [0.5, 0.6) is 0 Å². The Morgan fingerprint density at radius 2 is 1.91 bits per heavy atom. The highest BCUT2D eigenvalue weighted by atomic mass is 32.2. The van der Waals surface area contributed by atoms with Crippen LogP contribution in [0.25, 0.3) is 5.69 Å². The van der Waals surface area contributed by atoms with Crippen molar-refractivity contribution in [2.45, 2.75) is 31.6 Å². The van der Waals surface area contributed by atoms with Gasteiger partial charge in [0.25, 0.3) is 6.43 Å². The Kier molecular flexibility index (Phi) is 4.96. The molecule has 0 saturated carbocycles. The van der Waals surface area contributed by atoms with Crippen LogP contribution in [0.4, 0.5) is 8.78 Å². The van der Waals surface area contributed by atoms with E-state index in [-0.39, 0.29) is 10.6 Å². The van der Waals surface area contributed by atoms with Gasteiger partial charge in [0.2, 0.25) is 10.0 Å². The first-order valence-electron chi connectivity index (χ1n) is 6.81. The summed E-state index contributed by atoms with van der Waals surface area (Å²) in [6.07, 6.45) is 0.856. The van der Waals surface area contributed by atoms with E-state index in [4.69, 9.17) is 5.14 Å². The van der Waals surface area contributed by atoms with E-state index in [0.717, 1.165) is 5.57 Å². The number of benzene rings is 1. The quantitative estimate of drug-likeness (QED) is 0.849. The lowest BCUT2D eigenvalue weighted by atomic mass is 10.2. The van der Waals surface area contributed by atoms with Gasteiger partial charge in [-0.25, -0.2) is 27.3 Å². The highest BCUT2D eigenvalue weighted by Gasteiger charge is 2.16. The first-order chi connectivity index (χ1) is 10.7. The van der Waals surface area contributed by atoms with E-state index in [1.54, 1.807) is 0 Å². The van der Waals surface area contributed by atoms with Gasteiger partial charge in [-0.05, 0) is 38.1 Å². The molecule has 0 radical (unpaired) electrons. The number of allylic oxidation sites excluding steroid dienone is 2. The number of rotatable bonds is 5. The van der Waals surface area contributed by atoms with Gasteiger partial charge < -0.3 is 4.57 Å². The van der Waals surface area contributed by atoms with Gasteiger partial charge in [0.1, 0.15) is 11.5 Å². The van der Waals surface area contributed by atoms with E-state index in [9.17, 15) is 17.2 Å². The van der Waals surface area contributed by atoms with Gasteiger partial charge in [0.05, 0.1) is 4.90 Å². The second-order valence-corrected chi connectivity index (χ2v) is 6.84. The molecule has 2 N–H and O–H groups in total. The third kappa shape index (κ3) is 4.23. The summed E-state index contributed by atoms with van der Waals surface area (Å²) < 4.78 is 49.9. The molecule has 1 aromatic heterocycles. The number of alkyl halides is 2. The Bertz CT molecular complexity index is 821. The minimum absolute atomic E-state index is 0.0405. The highest BCUT2D eigenvalue weighted by Crippen LogP contribution is 2.22. The number of nitrogens with zero attached hydrogens (tertiary/aromatic N) is 2. The van der Waals surface area contributed by atoms with E-state index in [1.165, 1.54) is 35.0 Å². The largest absolute Gasteiger partial charge is 0.303 e. The molecule has 0 aliphatic heterocycles. The Labute approximate surface area is 133 Å². The number of aromatic nitrogens is 2. The van der Waals surface area contributed by atoms with Crippen molar-refractivity contribution in [1.29, 1.82) is 0 Å². The number of sulfonamides is 1. The van der Waals surface area contributed by atoms with Crippen molar-refractivity contribution in [3.63, 3.8) is 0 Å². The monoisotopic (exact) mass is 341 g/mol. The predicted molar refractivity (Wildman–Crippen MR) is 83.0 cm³/mol. The van der Waals surface area contributed by atoms with Crippen LogP contribution in [0.2, 0.25) is 0 Å². The zero-order valence-electron chi connectivity index (χ0n) is 12.7. The van der Waals surface area contributed by atoms with Crippen LogP contribution in [0, 0.1) is 0 Å². The third-order valence-corrected chi connectivity index (χ3v) is 4.09. The average molecular weight is 341 g/mol. The van der Waals surface area contributed by atoms with E-state index < -0.39 is 16.4 Å². The van der Waals surface area contributed by atoms with Crippen LogP contribution in [-0.4, -0.2) is 18.0 Å². The van der Waals surface area contributed by atoms with E-state index in [0.29, 0.717) is 17.9 Å². The van der Waals surface area contributed by atoms with Gasteiger partial charge in [-0.2, -0.15) is 0 Å². The van der Waals surface area contributed by atoms with Crippen LogP contribution < -0.4 is 5.14 Å². The molecule has 124 valence electrons. The molecule has 8 heteroatoms. The van der Waals surface area contributed by atoms with Crippen molar-refractivity contribution in [3.05, 3.63) is 53.6 Å². The smallest absolute Gasteiger partial charge is 0.281 e. The van der Waals surface area contributed by atoms with Crippen molar-refractivity contribution in [1.82, 2.24) is 9.55 Å². The number of hydrogen-bond donors (Lipinski definition) is 1. The lowest BCUT2D eigenvalue weighted by Crippen LogP contribution is -2.12. The fourth-order valence-corrected chi connectivity index (χ4v) is 2.52. The van der Waals surface area contributed by atoms with Gasteiger partial charge in [-0.1, -0.05) is 11.6 Å².